The molecule has 1 amide bonds. The van der Waals surface area contributed by atoms with Gasteiger partial charge >= 0.3 is 6.09 Å². The van der Waals surface area contributed by atoms with Crippen molar-refractivity contribution < 1.29 is 17.9 Å². The molecule has 0 atom stereocenters. The SMILES string of the molecule is CC(C)(C)OC(=O)N1CCC2(CC1)CC(S(=O)(=O)c1ccc(N)c(Cl)c1)C2. The summed E-state index contributed by atoms with van der Waals surface area (Å²) < 4.78 is 31.1. The lowest BCUT2D eigenvalue weighted by molar-refractivity contribution is -0.00428. The number of nitrogens with zero attached hydrogens (tertiary/aromatic N) is 1. The van der Waals surface area contributed by atoms with E-state index in [0.717, 1.165) is 12.8 Å². The second-order valence-corrected chi connectivity index (χ2v) is 11.4. The number of piperidine rings is 1. The number of halogens is 1. The van der Waals surface area contributed by atoms with Crippen molar-refractivity contribution in [2.45, 2.75) is 62.2 Å². The predicted molar refractivity (Wildman–Crippen MR) is 106 cm³/mol. The number of rotatable bonds is 2. The molecule has 0 radical (unpaired) electrons. The standard InChI is InChI=1S/C19H27ClN2O4S/c1-18(2,3)26-17(23)22-8-6-19(7-9-22)11-14(12-19)27(24,25)13-4-5-16(21)15(20)10-13/h4-5,10,14H,6-9,11-12,21H2,1-3H3. The Kier molecular flexibility index (Phi) is 5.14. The topological polar surface area (TPSA) is 89.7 Å². The summed E-state index contributed by atoms with van der Waals surface area (Å²) in [6.45, 7) is 6.76. The molecule has 1 aromatic carbocycles. The van der Waals surface area contributed by atoms with Gasteiger partial charge in [0.25, 0.3) is 0 Å². The van der Waals surface area contributed by atoms with Crippen LogP contribution in [0.5, 0.6) is 0 Å². The molecular formula is C19H27ClN2O4S. The van der Waals surface area contributed by atoms with Gasteiger partial charge in [0.1, 0.15) is 5.60 Å². The first-order chi connectivity index (χ1) is 12.4. The Labute approximate surface area is 165 Å². The molecule has 0 bridgehead atoms. The Morgan fingerprint density at radius 2 is 1.85 bits per heavy atom. The van der Waals surface area contributed by atoms with Crippen molar-refractivity contribution in [1.29, 1.82) is 0 Å². The van der Waals surface area contributed by atoms with Gasteiger partial charge in [0.15, 0.2) is 9.84 Å². The van der Waals surface area contributed by atoms with E-state index in [1.54, 1.807) is 4.90 Å². The maximum Gasteiger partial charge on any atom is 0.410 e. The van der Waals surface area contributed by atoms with Crippen LogP contribution in [0.1, 0.15) is 46.5 Å². The van der Waals surface area contributed by atoms with E-state index < -0.39 is 20.7 Å². The van der Waals surface area contributed by atoms with E-state index in [-0.39, 0.29) is 21.4 Å². The normalized spacial score (nSPS) is 20.4. The summed E-state index contributed by atoms with van der Waals surface area (Å²) in [6.07, 6.45) is 2.57. The van der Waals surface area contributed by atoms with Gasteiger partial charge < -0.3 is 15.4 Å². The average Bonchev–Trinajstić information content (AvgIpc) is 2.53. The zero-order valence-electron chi connectivity index (χ0n) is 16.0. The van der Waals surface area contributed by atoms with Crippen LogP contribution in [0, 0.1) is 5.41 Å². The van der Waals surface area contributed by atoms with E-state index in [0.29, 0.717) is 31.6 Å². The smallest absolute Gasteiger partial charge is 0.410 e. The molecule has 1 aromatic rings. The van der Waals surface area contributed by atoms with Crippen LogP contribution >= 0.6 is 11.6 Å². The van der Waals surface area contributed by atoms with E-state index in [1.807, 2.05) is 20.8 Å². The Balaban J connectivity index is 1.59. The summed E-state index contributed by atoms with van der Waals surface area (Å²) in [5, 5.41) is -0.138. The molecule has 8 heteroatoms. The van der Waals surface area contributed by atoms with Crippen molar-refractivity contribution in [3.05, 3.63) is 23.2 Å². The summed E-state index contributed by atoms with van der Waals surface area (Å²) in [7, 11) is -3.42. The number of ether oxygens (including phenoxy) is 1. The molecule has 150 valence electrons. The summed E-state index contributed by atoms with van der Waals surface area (Å²) in [5.74, 6) is 0. The number of anilines is 1. The summed E-state index contributed by atoms with van der Waals surface area (Å²) in [5.41, 5.74) is 5.54. The van der Waals surface area contributed by atoms with Crippen LogP contribution in [0.3, 0.4) is 0 Å². The Bertz CT molecular complexity index is 832. The fourth-order valence-electron chi connectivity index (χ4n) is 3.90. The van der Waals surface area contributed by atoms with Crippen LogP contribution in [0.2, 0.25) is 5.02 Å². The lowest BCUT2D eigenvalue weighted by Gasteiger charge is -2.51. The van der Waals surface area contributed by atoms with Crippen molar-refractivity contribution in [3.8, 4) is 0 Å². The van der Waals surface area contributed by atoms with Gasteiger partial charge in [-0.15, -0.1) is 0 Å². The van der Waals surface area contributed by atoms with Gasteiger partial charge in [0.2, 0.25) is 0 Å². The number of nitrogen functional groups attached to an aromatic ring is 1. The third kappa shape index (κ3) is 4.19. The third-order valence-corrected chi connectivity index (χ3v) is 7.99. The maximum atomic E-state index is 12.8. The first kappa shape index (κ1) is 20.3. The van der Waals surface area contributed by atoms with E-state index in [4.69, 9.17) is 22.1 Å². The molecule has 1 saturated heterocycles. The van der Waals surface area contributed by atoms with Crippen LogP contribution in [0.4, 0.5) is 10.5 Å². The number of sulfone groups is 1. The molecule has 1 saturated carbocycles. The Morgan fingerprint density at radius 3 is 2.37 bits per heavy atom. The zero-order valence-corrected chi connectivity index (χ0v) is 17.6. The van der Waals surface area contributed by atoms with Gasteiger partial charge in [-0.3, -0.25) is 0 Å². The first-order valence-electron chi connectivity index (χ1n) is 9.19. The van der Waals surface area contributed by atoms with Gasteiger partial charge in [-0.05, 0) is 70.1 Å². The predicted octanol–water partition coefficient (Wildman–Crippen LogP) is 3.88. The van der Waals surface area contributed by atoms with E-state index in [9.17, 15) is 13.2 Å². The number of nitrogens with two attached hydrogens (primary N) is 1. The quantitative estimate of drug-likeness (QED) is 0.741. The molecule has 27 heavy (non-hydrogen) atoms. The molecule has 2 N–H and O–H groups in total. The number of benzene rings is 1. The van der Waals surface area contributed by atoms with Gasteiger partial charge in [-0.25, -0.2) is 13.2 Å². The van der Waals surface area contributed by atoms with Crippen LogP contribution < -0.4 is 5.73 Å². The highest BCUT2D eigenvalue weighted by molar-refractivity contribution is 7.92. The second-order valence-electron chi connectivity index (χ2n) is 8.73. The van der Waals surface area contributed by atoms with Crippen LogP contribution in [-0.2, 0) is 14.6 Å². The summed E-state index contributed by atoms with van der Waals surface area (Å²) >= 11 is 5.98. The van der Waals surface area contributed by atoms with Crippen molar-refractivity contribution in [3.63, 3.8) is 0 Å². The largest absolute Gasteiger partial charge is 0.444 e. The maximum absolute atomic E-state index is 12.8. The van der Waals surface area contributed by atoms with Gasteiger partial charge in [0.05, 0.1) is 20.9 Å². The van der Waals surface area contributed by atoms with Gasteiger partial charge in [-0.2, -0.15) is 0 Å². The first-order valence-corrected chi connectivity index (χ1v) is 11.1. The van der Waals surface area contributed by atoms with E-state index in [1.165, 1.54) is 18.2 Å². The lowest BCUT2D eigenvalue weighted by Crippen LogP contribution is -2.53. The van der Waals surface area contributed by atoms with Crippen molar-refractivity contribution in [2.24, 2.45) is 5.41 Å². The zero-order chi connectivity index (χ0) is 20.0. The Morgan fingerprint density at radius 1 is 1.26 bits per heavy atom. The summed E-state index contributed by atoms with van der Waals surface area (Å²) in [4.78, 5) is 14.1. The Hall–Kier alpha value is -1.47. The van der Waals surface area contributed by atoms with Gasteiger partial charge in [-0.1, -0.05) is 11.6 Å². The molecule has 0 aromatic heterocycles. The fraction of sp³-hybridized carbons (Fsp3) is 0.632. The molecule has 1 heterocycles. The highest BCUT2D eigenvalue weighted by Gasteiger charge is 2.51. The highest BCUT2D eigenvalue weighted by atomic mass is 35.5. The van der Waals surface area contributed by atoms with Crippen LogP contribution in [-0.4, -0.2) is 43.4 Å². The van der Waals surface area contributed by atoms with Crippen molar-refractivity contribution in [1.82, 2.24) is 4.90 Å². The van der Waals surface area contributed by atoms with Crippen molar-refractivity contribution in [2.75, 3.05) is 18.8 Å². The number of carbonyl (C=O) groups excluding carboxylic acids is 1. The average molecular weight is 415 g/mol. The minimum atomic E-state index is -3.42. The highest BCUT2D eigenvalue weighted by Crippen LogP contribution is 2.52. The fourth-order valence-corrected chi connectivity index (χ4v) is 6.22. The van der Waals surface area contributed by atoms with E-state index in [2.05, 4.69) is 0 Å². The number of hydrogen-bond donors (Lipinski definition) is 1. The molecule has 6 nitrogen and oxygen atoms in total. The van der Waals surface area contributed by atoms with Crippen LogP contribution in [0.15, 0.2) is 23.1 Å². The number of carbonyl (C=O) groups is 1. The number of likely N-dealkylation sites (tertiary alicyclic amines) is 1. The summed E-state index contributed by atoms with van der Waals surface area (Å²) in [6, 6.07) is 4.48. The van der Waals surface area contributed by atoms with Crippen molar-refractivity contribution >= 4 is 33.2 Å². The van der Waals surface area contributed by atoms with Crippen LogP contribution in [0.25, 0.3) is 0 Å². The molecular weight excluding hydrogens is 388 g/mol. The van der Waals surface area contributed by atoms with Gasteiger partial charge in [0, 0.05) is 13.1 Å². The number of amides is 1. The molecule has 1 aliphatic carbocycles. The molecule has 1 aliphatic heterocycles. The third-order valence-electron chi connectivity index (χ3n) is 5.54. The second kappa shape index (κ2) is 6.85. The molecule has 3 rings (SSSR count). The van der Waals surface area contributed by atoms with E-state index >= 15 is 0 Å². The monoisotopic (exact) mass is 414 g/mol. The molecule has 2 aliphatic rings. The molecule has 1 spiro atoms. The minimum Gasteiger partial charge on any atom is -0.444 e. The minimum absolute atomic E-state index is 0.00779. The molecule has 2 fully saturated rings. The lowest BCUT2D eigenvalue weighted by atomic mass is 9.63. The molecule has 0 unspecified atom stereocenters. The number of hydrogen-bond acceptors (Lipinski definition) is 5.